The monoisotopic (exact) mass is 281 g/mol. The Morgan fingerprint density at radius 2 is 1.95 bits per heavy atom. The molecule has 108 valence electrons. The van der Waals surface area contributed by atoms with Crippen LogP contribution in [0.1, 0.15) is 5.69 Å². The number of hydrogen-bond donors (Lipinski definition) is 2. The number of imidazole rings is 1. The van der Waals surface area contributed by atoms with Crippen molar-refractivity contribution in [2.75, 3.05) is 26.3 Å². The van der Waals surface area contributed by atoms with Crippen LogP contribution >= 0.6 is 0 Å². The Kier molecular flexibility index (Phi) is 4.65. The summed E-state index contributed by atoms with van der Waals surface area (Å²) in [5.74, 6) is -0.619. The second-order valence-corrected chi connectivity index (χ2v) is 4.35. The molecule has 2 heterocycles. The third kappa shape index (κ3) is 3.31. The van der Waals surface area contributed by atoms with E-state index >= 15 is 0 Å². The van der Waals surface area contributed by atoms with Crippen molar-refractivity contribution in [3.63, 3.8) is 0 Å². The van der Waals surface area contributed by atoms with E-state index in [1.165, 1.54) is 27.6 Å². The number of fused-ring (bicyclic) bond motifs is 1. The molecule has 1 amide bonds. The maximum Gasteiger partial charge on any atom is 0.228 e. The molecule has 2 N–H and O–H groups in total. The fraction of sp³-hybridized carbons (Fsp3) is 0.385. The average Bonchev–Trinajstić information content (AvgIpc) is 2.79. The van der Waals surface area contributed by atoms with Crippen LogP contribution in [0.2, 0.25) is 0 Å². The lowest BCUT2D eigenvalue weighted by molar-refractivity contribution is -0.131. The van der Waals surface area contributed by atoms with Crippen LogP contribution in [0.25, 0.3) is 5.65 Å². The van der Waals surface area contributed by atoms with Gasteiger partial charge in [0, 0.05) is 25.5 Å². The van der Waals surface area contributed by atoms with E-state index in [1.807, 2.05) is 0 Å². The SMILES string of the molecule is O=C(Cc1cn2cc(F)ccc2n1)N(CCO)CCO. The molecular formula is C13H16FN3O3. The van der Waals surface area contributed by atoms with Crippen molar-refractivity contribution < 1.29 is 19.4 Å². The van der Waals surface area contributed by atoms with E-state index in [4.69, 9.17) is 10.2 Å². The van der Waals surface area contributed by atoms with Crippen molar-refractivity contribution in [1.82, 2.24) is 14.3 Å². The molecule has 6 nitrogen and oxygen atoms in total. The highest BCUT2D eigenvalue weighted by Crippen LogP contribution is 2.08. The van der Waals surface area contributed by atoms with Crippen molar-refractivity contribution in [3.05, 3.63) is 36.0 Å². The Balaban J connectivity index is 2.12. The Bertz CT molecular complexity index is 594. The lowest BCUT2D eigenvalue weighted by Gasteiger charge is -2.19. The summed E-state index contributed by atoms with van der Waals surface area (Å²) < 4.78 is 14.6. The fourth-order valence-corrected chi connectivity index (χ4v) is 1.97. The fourth-order valence-electron chi connectivity index (χ4n) is 1.97. The zero-order valence-electron chi connectivity index (χ0n) is 10.9. The van der Waals surface area contributed by atoms with Crippen LogP contribution in [0.4, 0.5) is 4.39 Å². The first-order chi connectivity index (χ1) is 9.63. The van der Waals surface area contributed by atoms with Gasteiger partial charge in [-0.15, -0.1) is 0 Å². The van der Waals surface area contributed by atoms with Gasteiger partial charge in [0.05, 0.1) is 25.3 Å². The molecule has 0 aromatic carbocycles. The maximum absolute atomic E-state index is 13.1. The summed E-state index contributed by atoms with van der Waals surface area (Å²) in [6, 6.07) is 2.83. The minimum Gasteiger partial charge on any atom is -0.395 e. The maximum atomic E-state index is 13.1. The zero-order valence-corrected chi connectivity index (χ0v) is 10.9. The van der Waals surface area contributed by atoms with Gasteiger partial charge in [0.15, 0.2) is 0 Å². The predicted octanol–water partition coefficient (Wildman–Crippen LogP) is -0.171. The van der Waals surface area contributed by atoms with Crippen LogP contribution in [-0.2, 0) is 11.2 Å². The lowest BCUT2D eigenvalue weighted by atomic mass is 10.3. The number of aliphatic hydroxyl groups excluding tert-OH is 2. The number of aromatic nitrogens is 2. The lowest BCUT2D eigenvalue weighted by Crippen LogP contribution is -2.36. The van der Waals surface area contributed by atoms with E-state index in [-0.39, 0.29) is 44.4 Å². The number of amides is 1. The number of hydrogen-bond acceptors (Lipinski definition) is 4. The quantitative estimate of drug-likeness (QED) is 0.770. The molecule has 2 rings (SSSR count). The van der Waals surface area contributed by atoms with Gasteiger partial charge in [-0.3, -0.25) is 4.79 Å². The van der Waals surface area contributed by atoms with Crippen molar-refractivity contribution in [1.29, 1.82) is 0 Å². The van der Waals surface area contributed by atoms with E-state index < -0.39 is 0 Å². The smallest absolute Gasteiger partial charge is 0.228 e. The van der Waals surface area contributed by atoms with Gasteiger partial charge in [-0.25, -0.2) is 9.37 Å². The summed E-state index contributed by atoms with van der Waals surface area (Å²) >= 11 is 0. The summed E-state index contributed by atoms with van der Waals surface area (Å²) in [4.78, 5) is 17.6. The van der Waals surface area contributed by atoms with E-state index in [0.29, 0.717) is 11.3 Å². The van der Waals surface area contributed by atoms with Crippen LogP contribution < -0.4 is 0 Å². The van der Waals surface area contributed by atoms with Crippen LogP contribution in [-0.4, -0.2) is 56.7 Å². The van der Waals surface area contributed by atoms with Gasteiger partial charge in [0.25, 0.3) is 0 Å². The van der Waals surface area contributed by atoms with Crippen LogP contribution in [0.15, 0.2) is 24.5 Å². The third-order valence-corrected chi connectivity index (χ3v) is 2.89. The zero-order chi connectivity index (χ0) is 14.5. The molecule has 0 aliphatic rings. The van der Waals surface area contributed by atoms with Gasteiger partial charge in [-0.2, -0.15) is 0 Å². The Morgan fingerprint density at radius 1 is 1.25 bits per heavy atom. The molecule has 0 atom stereocenters. The summed E-state index contributed by atoms with van der Waals surface area (Å²) in [7, 11) is 0. The molecule has 0 bridgehead atoms. The molecule has 0 aliphatic heterocycles. The van der Waals surface area contributed by atoms with E-state index in [1.54, 1.807) is 6.20 Å². The number of nitrogens with zero attached hydrogens (tertiary/aromatic N) is 3. The minimum atomic E-state index is -0.380. The first kappa shape index (κ1) is 14.4. The average molecular weight is 281 g/mol. The van der Waals surface area contributed by atoms with E-state index in [0.717, 1.165) is 0 Å². The van der Waals surface area contributed by atoms with Gasteiger partial charge in [0.2, 0.25) is 5.91 Å². The van der Waals surface area contributed by atoms with Crippen molar-refractivity contribution in [3.8, 4) is 0 Å². The summed E-state index contributed by atoms with van der Waals surface area (Å²) in [5.41, 5.74) is 1.08. The van der Waals surface area contributed by atoms with Crippen LogP contribution in [0.3, 0.4) is 0 Å². The number of aliphatic hydroxyl groups is 2. The molecule has 0 aliphatic carbocycles. The molecule has 7 heteroatoms. The Labute approximate surface area is 115 Å². The van der Waals surface area contributed by atoms with Gasteiger partial charge in [-0.05, 0) is 12.1 Å². The highest BCUT2D eigenvalue weighted by atomic mass is 19.1. The van der Waals surface area contributed by atoms with Crippen LogP contribution in [0.5, 0.6) is 0 Å². The molecule has 2 aromatic heterocycles. The van der Waals surface area contributed by atoms with Gasteiger partial charge < -0.3 is 19.5 Å². The predicted molar refractivity (Wildman–Crippen MR) is 69.6 cm³/mol. The number of carbonyl (C=O) groups excluding carboxylic acids is 1. The molecule has 2 aromatic rings. The molecule has 0 radical (unpaired) electrons. The molecule has 0 spiro atoms. The second-order valence-electron chi connectivity index (χ2n) is 4.35. The summed E-state index contributed by atoms with van der Waals surface area (Å²) in [6.07, 6.45) is 2.92. The number of halogens is 1. The first-order valence-corrected chi connectivity index (χ1v) is 6.26. The molecule has 0 saturated heterocycles. The standard InChI is InChI=1S/C13H16FN3O3/c14-10-1-2-12-15-11(9-17(12)8-10)7-13(20)16(3-5-18)4-6-19/h1-2,8-9,18-19H,3-7H2. The first-order valence-electron chi connectivity index (χ1n) is 6.26. The van der Waals surface area contributed by atoms with E-state index in [2.05, 4.69) is 4.98 Å². The normalized spacial score (nSPS) is 10.9. The Morgan fingerprint density at radius 3 is 2.60 bits per heavy atom. The molecule has 0 unspecified atom stereocenters. The Hall–Kier alpha value is -1.99. The number of carbonyl (C=O) groups is 1. The molecule has 0 fully saturated rings. The van der Waals surface area contributed by atoms with Gasteiger partial charge >= 0.3 is 0 Å². The van der Waals surface area contributed by atoms with Crippen LogP contribution in [0, 0.1) is 5.82 Å². The van der Waals surface area contributed by atoms with Gasteiger partial charge in [0.1, 0.15) is 11.5 Å². The van der Waals surface area contributed by atoms with Crippen molar-refractivity contribution in [2.45, 2.75) is 6.42 Å². The highest BCUT2D eigenvalue weighted by molar-refractivity contribution is 5.78. The second kappa shape index (κ2) is 6.44. The number of rotatable bonds is 6. The van der Waals surface area contributed by atoms with Crippen molar-refractivity contribution in [2.24, 2.45) is 0 Å². The third-order valence-electron chi connectivity index (χ3n) is 2.89. The van der Waals surface area contributed by atoms with Crippen molar-refractivity contribution >= 4 is 11.6 Å². The summed E-state index contributed by atoms with van der Waals surface area (Å²) in [6.45, 7) is 0.00696. The largest absolute Gasteiger partial charge is 0.395 e. The molecule has 20 heavy (non-hydrogen) atoms. The minimum absolute atomic E-state index is 0.0449. The summed E-state index contributed by atoms with van der Waals surface area (Å²) in [5, 5.41) is 17.8. The topological polar surface area (TPSA) is 78.1 Å². The van der Waals surface area contributed by atoms with E-state index in [9.17, 15) is 9.18 Å². The van der Waals surface area contributed by atoms with Gasteiger partial charge in [-0.1, -0.05) is 0 Å². The highest BCUT2D eigenvalue weighted by Gasteiger charge is 2.15. The molecule has 0 saturated carbocycles. The molecular weight excluding hydrogens is 265 g/mol. The number of pyridine rings is 1.